The Morgan fingerprint density at radius 3 is 2.62 bits per heavy atom. The predicted octanol–water partition coefficient (Wildman–Crippen LogP) is 2.16. The van der Waals surface area contributed by atoms with Crippen LogP contribution >= 0.6 is 0 Å². The summed E-state index contributed by atoms with van der Waals surface area (Å²) in [5.74, 6) is -0.663. The van der Waals surface area contributed by atoms with Gasteiger partial charge in [0.15, 0.2) is 0 Å². The van der Waals surface area contributed by atoms with Crippen molar-refractivity contribution in [3.8, 4) is 6.07 Å². The highest BCUT2D eigenvalue weighted by atomic mass is 19.1. The highest BCUT2D eigenvalue weighted by molar-refractivity contribution is 5.86. The first-order valence-electron chi connectivity index (χ1n) is 4.77. The molecule has 0 bridgehead atoms. The number of nitrogens with zero attached hydrogens (tertiary/aromatic N) is 1. The van der Waals surface area contributed by atoms with E-state index >= 15 is 0 Å². The Balaban J connectivity index is 3.04. The molecule has 80 valence electrons. The van der Waals surface area contributed by atoms with Crippen LogP contribution in [0.25, 0.3) is 10.8 Å². The van der Waals surface area contributed by atoms with Crippen molar-refractivity contribution < 1.29 is 4.39 Å². The molecule has 0 aliphatic carbocycles. The molecule has 2 aromatic rings. The van der Waals surface area contributed by atoms with Crippen LogP contribution in [0, 0.1) is 31.0 Å². The first-order chi connectivity index (χ1) is 7.54. The second kappa shape index (κ2) is 3.46. The molecule has 1 aromatic heterocycles. The van der Waals surface area contributed by atoms with Crippen LogP contribution in [0.5, 0.6) is 0 Å². The van der Waals surface area contributed by atoms with Crippen molar-refractivity contribution >= 4 is 10.8 Å². The minimum atomic E-state index is -0.663. The summed E-state index contributed by atoms with van der Waals surface area (Å²) in [5.41, 5.74) is 1.21. The second-order valence-electron chi connectivity index (χ2n) is 3.69. The van der Waals surface area contributed by atoms with E-state index in [2.05, 4.69) is 4.98 Å². The van der Waals surface area contributed by atoms with Gasteiger partial charge in [-0.3, -0.25) is 4.79 Å². The van der Waals surface area contributed by atoms with Gasteiger partial charge in [0.25, 0.3) is 5.56 Å². The van der Waals surface area contributed by atoms with Crippen LogP contribution in [-0.4, -0.2) is 4.98 Å². The Kier molecular flexibility index (Phi) is 2.24. The largest absolute Gasteiger partial charge is 0.326 e. The molecule has 0 amide bonds. The third-order valence-electron chi connectivity index (χ3n) is 2.74. The molecular formula is C12H9FN2O. The zero-order valence-corrected chi connectivity index (χ0v) is 8.89. The molecule has 16 heavy (non-hydrogen) atoms. The first-order valence-corrected chi connectivity index (χ1v) is 4.77. The first kappa shape index (κ1) is 10.4. The summed E-state index contributed by atoms with van der Waals surface area (Å²) in [6.45, 7) is 3.60. The molecule has 0 saturated carbocycles. The summed E-state index contributed by atoms with van der Waals surface area (Å²) in [4.78, 5) is 14.2. The number of aryl methyl sites for hydroxylation is 2. The van der Waals surface area contributed by atoms with Crippen molar-refractivity contribution in [3.63, 3.8) is 0 Å². The zero-order valence-electron chi connectivity index (χ0n) is 8.89. The van der Waals surface area contributed by atoms with Crippen molar-refractivity contribution in [3.05, 3.63) is 45.1 Å². The van der Waals surface area contributed by atoms with Crippen molar-refractivity contribution in [1.29, 1.82) is 5.26 Å². The number of H-pyrrole nitrogens is 1. The van der Waals surface area contributed by atoms with Gasteiger partial charge in [-0.25, -0.2) is 4.39 Å². The number of halogens is 1. The van der Waals surface area contributed by atoms with Gasteiger partial charge in [0.1, 0.15) is 11.9 Å². The maximum Gasteiger partial charge on any atom is 0.256 e. The molecule has 4 heteroatoms. The molecule has 1 N–H and O–H groups in total. The Labute approximate surface area is 91.1 Å². The van der Waals surface area contributed by atoms with E-state index in [1.807, 2.05) is 6.92 Å². The lowest BCUT2D eigenvalue weighted by atomic mass is 10.0. The van der Waals surface area contributed by atoms with Crippen LogP contribution in [0.3, 0.4) is 0 Å². The third kappa shape index (κ3) is 1.38. The van der Waals surface area contributed by atoms with Gasteiger partial charge in [-0.15, -0.1) is 0 Å². The van der Waals surface area contributed by atoms with E-state index in [1.54, 1.807) is 13.0 Å². The maximum absolute atomic E-state index is 13.4. The Morgan fingerprint density at radius 2 is 2.00 bits per heavy atom. The number of nitrogens with one attached hydrogen (secondary N) is 1. The van der Waals surface area contributed by atoms with Gasteiger partial charge in [0, 0.05) is 5.69 Å². The fourth-order valence-electron chi connectivity index (χ4n) is 1.69. The fraction of sp³-hybridized carbons (Fsp3) is 0.167. The van der Waals surface area contributed by atoms with Gasteiger partial charge in [-0.1, -0.05) is 0 Å². The Morgan fingerprint density at radius 1 is 1.31 bits per heavy atom. The van der Waals surface area contributed by atoms with E-state index in [4.69, 9.17) is 5.26 Å². The molecule has 0 aliphatic heterocycles. The third-order valence-corrected chi connectivity index (χ3v) is 2.74. The minimum absolute atomic E-state index is 0.0411. The number of pyridine rings is 1. The lowest BCUT2D eigenvalue weighted by Gasteiger charge is -2.06. The lowest BCUT2D eigenvalue weighted by molar-refractivity contribution is 0.625. The molecule has 3 nitrogen and oxygen atoms in total. The quantitative estimate of drug-likeness (QED) is 0.733. The molecule has 0 saturated heterocycles. The standard InChI is InChI=1S/C12H9FN2O/c1-6-7(2)15-12(16)10-4-11(13)8(5-14)3-9(6)10/h3-4H,1-2H3,(H,15,16). The van der Waals surface area contributed by atoms with E-state index in [0.29, 0.717) is 5.39 Å². The molecule has 0 unspecified atom stereocenters. The number of hydrogen-bond donors (Lipinski definition) is 1. The van der Waals surface area contributed by atoms with Gasteiger partial charge in [-0.2, -0.15) is 5.26 Å². The highest BCUT2D eigenvalue weighted by Gasteiger charge is 2.10. The predicted molar refractivity (Wildman–Crippen MR) is 58.7 cm³/mol. The van der Waals surface area contributed by atoms with Crippen LogP contribution in [0.2, 0.25) is 0 Å². The Hall–Kier alpha value is -2.15. The molecule has 0 aliphatic rings. The molecule has 1 aromatic carbocycles. The SMILES string of the molecule is Cc1[nH]c(=O)c2cc(F)c(C#N)cc2c1C. The van der Waals surface area contributed by atoms with E-state index in [-0.39, 0.29) is 16.5 Å². The number of nitriles is 1. The van der Waals surface area contributed by atoms with Gasteiger partial charge in [-0.05, 0) is 36.9 Å². The van der Waals surface area contributed by atoms with Gasteiger partial charge in [0.2, 0.25) is 0 Å². The molecular weight excluding hydrogens is 207 g/mol. The van der Waals surface area contributed by atoms with Crippen LogP contribution in [-0.2, 0) is 0 Å². The highest BCUT2D eigenvalue weighted by Crippen LogP contribution is 2.20. The van der Waals surface area contributed by atoms with Gasteiger partial charge < -0.3 is 4.98 Å². The molecule has 0 atom stereocenters. The van der Waals surface area contributed by atoms with Crippen molar-refractivity contribution in [2.45, 2.75) is 13.8 Å². The van der Waals surface area contributed by atoms with Crippen LogP contribution in [0.4, 0.5) is 4.39 Å². The summed E-state index contributed by atoms with van der Waals surface area (Å²) in [6.07, 6.45) is 0. The van der Waals surface area contributed by atoms with Crippen LogP contribution in [0.15, 0.2) is 16.9 Å². The Bertz CT molecular complexity index is 680. The molecule has 0 radical (unpaired) electrons. The number of rotatable bonds is 0. The van der Waals surface area contributed by atoms with Crippen LogP contribution in [0.1, 0.15) is 16.8 Å². The van der Waals surface area contributed by atoms with E-state index in [1.165, 1.54) is 6.07 Å². The van der Waals surface area contributed by atoms with Gasteiger partial charge >= 0.3 is 0 Å². The molecule has 0 fully saturated rings. The van der Waals surface area contributed by atoms with Crippen LogP contribution < -0.4 is 5.56 Å². The number of aromatic amines is 1. The number of aromatic nitrogens is 1. The second-order valence-corrected chi connectivity index (χ2v) is 3.69. The van der Waals surface area contributed by atoms with Crippen molar-refractivity contribution in [2.24, 2.45) is 0 Å². The average molecular weight is 216 g/mol. The number of hydrogen-bond acceptors (Lipinski definition) is 2. The average Bonchev–Trinajstić information content (AvgIpc) is 2.25. The number of fused-ring (bicyclic) bond motifs is 1. The van der Waals surface area contributed by atoms with Crippen molar-refractivity contribution in [1.82, 2.24) is 4.98 Å². The number of benzene rings is 1. The van der Waals surface area contributed by atoms with Gasteiger partial charge in [0.05, 0.1) is 10.9 Å². The summed E-state index contributed by atoms with van der Waals surface area (Å²) < 4.78 is 13.4. The smallest absolute Gasteiger partial charge is 0.256 e. The van der Waals surface area contributed by atoms with Crippen molar-refractivity contribution in [2.75, 3.05) is 0 Å². The summed E-state index contributed by atoms with van der Waals surface area (Å²) in [5, 5.41) is 9.63. The molecule has 0 spiro atoms. The summed E-state index contributed by atoms with van der Waals surface area (Å²) in [7, 11) is 0. The van der Waals surface area contributed by atoms with E-state index < -0.39 is 5.82 Å². The molecule has 1 heterocycles. The van der Waals surface area contributed by atoms with E-state index in [0.717, 1.165) is 17.3 Å². The zero-order chi connectivity index (χ0) is 11.9. The molecule has 2 rings (SSSR count). The topological polar surface area (TPSA) is 56.6 Å². The minimum Gasteiger partial charge on any atom is -0.326 e. The lowest BCUT2D eigenvalue weighted by Crippen LogP contribution is -2.10. The normalized spacial score (nSPS) is 10.4. The van der Waals surface area contributed by atoms with E-state index in [9.17, 15) is 9.18 Å². The summed E-state index contributed by atoms with van der Waals surface area (Å²) in [6, 6.07) is 4.30. The summed E-state index contributed by atoms with van der Waals surface area (Å²) >= 11 is 0. The monoisotopic (exact) mass is 216 g/mol. The maximum atomic E-state index is 13.4. The fourth-order valence-corrected chi connectivity index (χ4v) is 1.69.